The van der Waals surface area contributed by atoms with Crippen molar-refractivity contribution in [3.63, 3.8) is 0 Å². The first kappa shape index (κ1) is 10.7. The van der Waals surface area contributed by atoms with Crippen molar-refractivity contribution in [3.05, 3.63) is 41.2 Å². The Kier molecular flexibility index (Phi) is 2.92. The van der Waals surface area contributed by atoms with Gasteiger partial charge >= 0.3 is 0 Å². The van der Waals surface area contributed by atoms with Crippen molar-refractivity contribution in [1.82, 2.24) is 9.97 Å². The summed E-state index contributed by atoms with van der Waals surface area (Å²) in [5.41, 5.74) is 6.34. The summed E-state index contributed by atoms with van der Waals surface area (Å²) < 4.78 is 5.56. The van der Waals surface area contributed by atoms with Gasteiger partial charge in [0.15, 0.2) is 0 Å². The Morgan fingerprint density at radius 2 is 2.00 bits per heavy atom. The van der Waals surface area contributed by atoms with E-state index in [0.29, 0.717) is 28.0 Å². The second kappa shape index (κ2) is 4.37. The van der Waals surface area contributed by atoms with Crippen LogP contribution in [0.5, 0.6) is 11.6 Å². The van der Waals surface area contributed by atoms with E-state index in [2.05, 4.69) is 9.97 Å². The summed E-state index contributed by atoms with van der Waals surface area (Å²) in [6, 6.07) is 7.17. The summed E-state index contributed by atoms with van der Waals surface area (Å²) in [7, 11) is 0. The molecule has 0 aliphatic heterocycles. The van der Waals surface area contributed by atoms with E-state index in [-0.39, 0.29) is 0 Å². The van der Waals surface area contributed by atoms with Gasteiger partial charge in [-0.15, -0.1) is 0 Å². The molecule has 0 saturated carbocycles. The van der Waals surface area contributed by atoms with Gasteiger partial charge in [0, 0.05) is 0 Å². The second-order valence-electron chi connectivity index (χ2n) is 3.22. The summed E-state index contributed by atoms with van der Waals surface area (Å²) in [6.45, 7) is 1.79. The summed E-state index contributed by atoms with van der Waals surface area (Å²) in [4.78, 5) is 7.86. The van der Waals surface area contributed by atoms with Crippen LogP contribution in [0.1, 0.15) is 5.56 Å². The molecule has 1 aromatic carbocycles. The highest BCUT2D eigenvalue weighted by Gasteiger charge is 2.08. The largest absolute Gasteiger partial charge is 0.437 e. The molecule has 0 atom stereocenters. The number of anilines is 1. The maximum Gasteiger partial charge on any atom is 0.227 e. The highest BCUT2D eigenvalue weighted by molar-refractivity contribution is 6.32. The van der Waals surface area contributed by atoms with Crippen LogP contribution in [0.3, 0.4) is 0 Å². The lowest BCUT2D eigenvalue weighted by molar-refractivity contribution is 0.458. The van der Waals surface area contributed by atoms with Crippen molar-refractivity contribution in [2.24, 2.45) is 0 Å². The second-order valence-corrected chi connectivity index (χ2v) is 3.63. The van der Waals surface area contributed by atoms with Crippen LogP contribution in [-0.2, 0) is 0 Å². The number of rotatable bonds is 2. The average Bonchev–Trinajstić information content (AvgIpc) is 2.28. The molecule has 0 saturated heterocycles. The van der Waals surface area contributed by atoms with Crippen molar-refractivity contribution >= 4 is 17.4 Å². The van der Waals surface area contributed by atoms with Gasteiger partial charge in [0.1, 0.15) is 17.9 Å². The number of aromatic nitrogens is 2. The van der Waals surface area contributed by atoms with Crippen LogP contribution in [0.25, 0.3) is 0 Å². The molecule has 2 rings (SSSR count). The van der Waals surface area contributed by atoms with Crippen molar-refractivity contribution in [3.8, 4) is 11.6 Å². The number of nitrogens with zero attached hydrogens (tertiary/aromatic N) is 2. The standard InChI is InChI=1S/C11H10ClN3O/c1-7-10(13)14-6-15-11(7)16-9-5-3-2-4-8(9)12/h2-6H,1H3,(H2,13,14,15). The molecule has 0 amide bonds. The molecular weight excluding hydrogens is 226 g/mol. The summed E-state index contributed by atoms with van der Waals surface area (Å²) in [5.74, 6) is 1.36. The molecule has 82 valence electrons. The topological polar surface area (TPSA) is 61.0 Å². The highest BCUT2D eigenvalue weighted by Crippen LogP contribution is 2.30. The zero-order valence-corrected chi connectivity index (χ0v) is 9.40. The molecule has 2 N–H and O–H groups in total. The Morgan fingerprint density at radius 1 is 1.25 bits per heavy atom. The molecule has 0 bridgehead atoms. The van der Waals surface area contributed by atoms with E-state index in [9.17, 15) is 0 Å². The fourth-order valence-corrected chi connectivity index (χ4v) is 1.36. The predicted octanol–water partition coefficient (Wildman–Crippen LogP) is 2.81. The molecule has 0 aliphatic carbocycles. The average molecular weight is 236 g/mol. The van der Waals surface area contributed by atoms with Crippen LogP contribution in [0.2, 0.25) is 5.02 Å². The Hall–Kier alpha value is -1.81. The van der Waals surface area contributed by atoms with Gasteiger partial charge < -0.3 is 10.5 Å². The predicted molar refractivity (Wildman–Crippen MR) is 62.7 cm³/mol. The van der Waals surface area contributed by atoms with Crippen LogP contribution in [0.4, 0.5) is 5.82 Å². The van der Waals surface area contributed by atoms with Gasteiger partial charge in [-0.3, -0.25) is 0 Å². The minimum atomic E-state index is 0.400. The first-order valence-corrected chi connectivity index (χ1v) is 5.05. The Balaban J connectivity index is 2.35. The number of nitrogens with two attached hydrogens (primary N) is 1. The molecule has 5 heteroatoms. The monoisotopic (exact) mass is 235 g/mol. The fourth-order valence-electron chi connectivity index (χ4n) is 1.18. The van der Waals surface area contributed by atoms with Crippen LogP contribution in [0, 0.1) is 6.92 Å². The Bertz CT molecular complexity index is 516. The normalized spacial score (nSPS) is 10.1. The van der Waals surface area contributed by atoms with Crippen molar-refractivity contribution in [2.45, 2.75) is 6.92 Å². The SMILES string of the molecule is Cc1c(N)ncnc1Oc1ccccc1Cl. The van der Waals surface area contributed by atoms with E-state index in [1.54, 1.807) is 19.1 Å². The number of hydrogen-bond acceptors (Lipinski definition) is 4. The lowest BCUT2D eigenvalue weighted by Gasteiger charge is -2.09. The molecule has 1 heterocycles. The van der Waals surface area contributed by atoms with E-state index < -0.39 is 0 Å². The molecule has 4 nitrogen and oxygen atoms in total. The Morgan fingerprint density at radius 3 is 2.75 bits per heavy atom. The maximum absolute atomic E-state index is 5.97. The molecule has 0 radical (unpaired) electrons. The zero-order chi connectivity index (χ0) is 11.5. The van der Waals surface area contributed by atoms with Crippen molar-refractivity contribution in [2.75, 3.05) is 5.73 Å². The lowest BCUT2D eigenvalue weighted by Crippen LogP contribution is -1.99. The van der Waals surface area contributed by atoms with Gasteiger partial charge in [-0.05, 0) is 19.1 Å². The van der Waals surface area contributed by atoms with Gasteiger partial charge in [-0.1, -0.05) is 23.7 Å². The van der Waals surface area contributed by atoms with Gasteiger partial charge in [-0.2, -0.15) is 0 Å². The quantitative estimate of drug-likeness (QED) is 0.870. The number of para-hydroxylation sites is 1. The fraction of sp³-hybridized carbons (Fsp3) is 0.0909. The molecular formula is C11H10ClN3O. The number of benzene rings is 1. The first-order valence-electron chi connectivity index (χ1n) is 4.68. The van der Waals surface area contributed by atoms with E-state index in [4.69, 9.17) is 22.1 Å². The van der Waals surface area contributed by atoms with Gasteiger partial charge in [0.05, 0.1) is 10.6 Å². The van der Waals surface area contributed by atoms with E-state index in [1.165, 1.54) is 6.33 Å². The number of halogens is 1. The van der Waals surface area contributed by atoms with Gasteiger partial charge in [0.2, 0.25) is 5.88 Å². The Labute approximate surface area is 98.0 Å². The van der Waals surface area contributed by atoms with E-state index >= 15 is 0 Å². The molecule has 1 aromatic heterocycles. The molecule has 0 aliphatic rings. The number of ether oxygens (including phenoxy) is 1. The van der Waals surface area contributed by atoms with Crippen LogP contribution >= 0.6 is 11.6 Å². The lowest BCUT2D eigenvalue weighted by atomic mass is 10.3. The summed E-state index contributed by atoms with van der Waals surface area (Å²) in [5, 5.41) is 0.527. The number of nitrogen functional groups attached to an aromatic ring is 1. The minimum absolute atomic E-state index is 0.400. The van der Waals surface area contributed by atoms with Gasteiger partial charge in [0.25, 0.3) is 0 Å². The van der Waals surface area contributed by atoms with Crippen LogP contribution < -0.4 is 10.5 Å². The summed E-state index contributed by atoms with van der Waals surface area (Å²) in [6.07, 6.45) is 1.36. The van der Waals surface area contributed by atoms with Crippen molar-refractivity contribution < 1.29 is 4.74 Å². The zero-order valence-electron chi connectivity index (χ0n) is 8.64. The molecule has 0 spiro atoms. The third-order valence-electron chi connectivity index (χ3n) is 2.12. The smallest absolute Gasteiger partial charge is 0.227 e. The third-order valence-corrected chi connectivity index (χ3v) is 2.43. The molecule has 0 fully saturated rings. The van der Waals surface area contributed by atoms with Crippen LogP contribution in [-0.4, -0.2) is 9.97 Å². The van der Waals surface area contributed by atoms with Crippen molar-refractivity contribution in [1.29, 1.82) is 0 Å². The highest BCUT2D eigenvalue weighted by atomic mass is 35.5. The minimum Gasteiger partial charge on any atom is -0.437 e. The maximum atomic E-state index is 5.97. The molecule has 16 heavy (non-hydrogen) atoms. The third kappa shape index (κ3) is 2.06. The molecule has 0 unspecified atom stereocenters. The first-order chi connectivity index (χ1) is 7.68. The summed E-state index contributed by atoms with van der Waals surface area (Å²) >= 11 is 5.97. The van der Waals surface area contributed by atoms with Gasteiger partial charge in [-0.25, -0.2) is 9.97 Å². The van der Waals surface area contributed by atoms with Crippen LogP contribution in [0.15, 0.2) is 30.6 Å². The van der Waals surface area contributed by atoms with E-state index in [1.807, 2.05) is 12.1 Å². The van der Waals surface area contributed by atoms with E-state index in [0.717, 1.165) is 0 Å². The molecule has 2 aromatic rings. The number of hydrogen-bond donors (Lipinski definition) is 1.